The number of aromatic nitrogens is 3. The molecule has 8 aromatic carbocycles. The van der Waals surface area contributed by atoms with Crippen LogP contribution in [0, 0.1) is 0 Å². The fourth-order valence-corrected chi connectivity index (χ4v) is 15.1. The lowest BCUT2D eigenvalue weighted by Crippen LogP contribution is -2.77. The van der Waals surface area contributed by atoms with Crippen molar-refractivity contribution in [2.24, 2.45) is 0 Å². The molecular formula is C54H34N4O2Si. The van der Waals surface area contributed by atoms with Crippen LogP contribution in [-0.4, -0.2) is 22.4 Å². The molecule has 0 radical (unpaired) electrons. The Hall–Kier alpha value is -8.00. The molecule has 0 fully saturated rings. The number of imidazole rings is 1. The number of ether oxygens (including phenoxy) is 1. The molecule has 0 amide bonds. The zero-order chi connectivity index (χ0) is 40.1. The Morgan fingerprint density at radius 3 is 2.05 bits per heavy atom. The van der Waals surface area contributed by atoms with Crippen molar-refractivity contribution in [1.29, 1.82) is 0 Å². The van der Waals surface area contributed by atoms with Crippen LogP contribution in [-0.2, 0) is 0 Å². The maximum absolute atomic E-state index is 6.86. The number of hydrogen-bond acceptors (Lipinski definition) is 5. The van der Waals surface area contributed by atoms with Gasteiger partial charge in [0, 0.05) is 28.4 Å². The number of furan rings is 1. The van der Waals surface area contributed by atoms with Crippen LogP contribution in [0.15, 0.2) is 211 Å². The molecule has 6 nitrogen and oxygen atoms in total. The highest BCUT2D eigenvalue weighted by molar-refractivity contribution is 7.21. The molecule has 12 aromatic rings. The predicted octanol–water partition coefficient (Wildman–Crippen LogP) is 11.0. The summed E-state index contributed by atoms with van der Waals surface area (Å²) < 4.78 is 15.7. The Kier molecular flexibility index (Phi) is 7.23. The highest BCUT2D eigenvalue weighted by Gasteiger charge is 2.50. The molecule has 0 saturated heterocycles. The second-order valence-electron chi connectivity index (χ2n) is 15.7. The average Bonchev–Trinajstić information content (AvgIpc) is 3.91. The lowest BCUT2D eigenvalue weighted by Gasteiger charge is -2.44. The first-order valence-electron chi connectivity index (χ1n) is 20.6. The first kappa shape index (κ1) is 33.9. The van der Waals surface area contributed by atoms with E-state index >= 15 is 0 Å². The van der Waals surface area contributed by atoms with Gasteiger partial charge < -0.3 is 9.15 Å². The van der Waals surface area contributed by atoms with Crippen molar-refractivity contribution >= 4 is 106 Å². The Bertz CT molecular complexity index is 3670. The molecule has 0 N–H and O–H groups in total. The monoisotopic (exact) mass is 798 g/mol. The summed E-state index contributed by atoms with van der Waals surface area (Å²) in [6.07, 6.45) is 1.92. The van der Waals surface area contributed by atoms with Crippen LogP contribution in [0.2, 0.25) is 0 Å². The number of benzene rings is 8. The molecule has 1 aliphatic rings. The summed E-state index contributed by atoms with van der Waals surface area (Å²) in [6, 6.07) is 70.9. The van der Waals surface area contributed by atoms with E-state index in [2.05, 4.69) is 191 Å². The predicted molar refractivity (Wildman–Crippen MR) is 251 cm³/mol. The lowest BCUT2D eigenvalue weighted by molar-refractivity contribution is 0.483. The minimum atomic E-state index is -2.97. The molecule has 0 unspecified atom stereocenters. The Morgan fingerprint density at radius 1 is 0.492 bits per heavy atom. The number of rotatable bonds is 5. The Labute approximate surface area is 351 Å². The summed E-state index contributed by atoms with van der Waals surface area (Å²) in [5.41, 5.74) is 7.78. The summed E-state index contributed by atoms with van der Waals surface area (Å²) >= 11 is 0. The van der Waals surface area contributed by atoms with Gasteiger partial charge in [0.1, 0.15) is 34.1 Å². The summed E-state index contributed by atoms with van der Waals surface area (Å²) in [6.45, 7) is 0. The molecule has 13 rings (SSSR count). The molecule has 0 spiro atoms. The van der Waals surface area contributed by atoms with Crippen LogP contribution in [0.1, 0.15) is 0 Å². The van der Waals surface area contributed by atoms with Crippen molar-refractivity contribution < 1.29 is 9.15 Å². The van der Waals surface area contributed by atoms with Crippen molar-refractivity contribution in [3.63, 3.8) is 0 Å². The molecule has 61 heavy (non-hydrogen) atoms. The number of nitrogens with zero attached hydrogens (tertiary/aromatic N) is 4. The largest absolute Gasteiger partial charge is 0.457 e. The minimum absolute atomic E-state index is 0.714. The number of fused-ring (bicyclic) bond motifs is 14. The highest BCUT2D eigenvalue weighted by Crippen LogP contribution is 2.45. The second kappa shape index (κ2) is 13.0. The van der Waals surface area contributed by atoms with Crippen LogP contribution in [0.3, 0.4) is 0 Å². The van der Waals surface area contributed by atoms with Gasteiger partial charge in [-0.1, -0.05) is 127 Å². The number of para-hydroxylation sites is 4. The molecule has 4 aromatic heterocycles. The van der Waals surface area contributed by atoms with Gasteiger partial charge >= 0.3 is 0 Å². The third kappa shape index (κ3) is 4.83. The summed E-state index contributed by atoms with van der Waals surface area (Å²) in [5.74, 6) is 2.34. The van der Waals surface area contributed by atoms with E-state index in [1.165, 1.54) is 26.1 Å². The molecule has 286 valence electrons. The maximum atomic E-state index is 6.86. The van der Waals surface area contributed by atoms with E-state index in [9.17, 15) is 0 Å². The van der Waals surface area contributed by atoms with Gasteiger partial charge in [-0.15, -0.1) is 0 Å². The quantitative estimate of drug-likeness (QED) is 0.128. The normalized spacial score (nSPS) is 13.3. The smallest absolute Gasteiger partial charge is 0.186 e. The molecule has 0 aliphatic carbocycles. The van der Waals surface area contributed by atoms with E-state index in [0.717, 1.165) is 77.9 Å². The molecule has 0 saturated carbocycles. The van der Waals surface area contributed by atoms with E-state index < -0.39 is 8.07 Å². The lowest BCUT2D eigenvalue weighted by atomic mass is 10.1. The van der Waals surface area contributed by atoms with Gasteiger partial charge in [-0.2, -0.15) is 0 Å². The SMILES string of the molecule is c1ccc([Si]2(c3ccccc3)c3cccnc3N(c3cccc(Oc4ccc5c6ccccc6n6c7ccccc7nc6c5c4)c3)c3c2ccc2oc4ccccc4c32)cc1. The first-order chi connectivity index (χ1) is 30.3. The van der Waals surface area contributed by atoms with Gasteiger partial charge in [0.15, 0.2) is 8.07 Å². The van der Waals surface area contributed by atoms with Gasteiger partial charge in [-0.05, 0) is 92.9 Å². The molecule has 0 bridgehead atoms. The zero-order valence-corrected chi connectivity index (χ0v) is 33.7. The average molecular weight is 799 g/mol. The topological polar surface area (TPSA) is 55.8 Å². The van der Waals surface area contributed by atoms with Gasteiger partial charge in [0.25, 0.3) is 0 Å². The molecular weight excluding hydrogens is 765 g/mol. The third-order valence-corrected chi connectivity index (χ3v) is 17.3. The molecule has 5 heterocycles. The van der Waals surface area contributed by atoms with Gasteiger partial charge in [0.05, 0.1) is 33.3 Å². The van der Waals surface area contributed by atoms with E-state index in [-0.39, 0.29) is 0 Å². The van der Waals surface area contributed by atoms with E-state index in [1.54, 1.807) is 0 Å². The van der Waals surface area contributed by atoms with Gasteiger partial charge in [-0.25, -0.2) is 9.97 Å². The summed E-state index contributed by atoms with van der Waals surface area (Å²) in [4.78, 5) is 12.8. The Morgan fingerprint density at radius 2 is 1.21 bits per heavy atom. The fourth-order valence-electron chi connectivity index (χ4n) is 10.0. The third-order valence-electron chi connectivity index (χ3n) is 12.5. The Balaban J connectivity index is 1.03. The number of hydrogen-bond donors (Lipinski definition) is 0. The second-order valence-corrected chi connectivity index (χ2v) is 19.4. The van der Waals surface area contributed by atoms with Crippen LogP contribution in [0.4, 0.5) is 17.2 Å². The van der Waals surface area contributed by atoms with Crippen LogP contribution < -0.4 is 30.4 Å². The summed E-state index contributed by atoms with van der Waals surface area (Å²) in [7, 11) is -2.97. The van der Waals surface area contributed by atoms with Gasteiger partial charge in [-0.3, -0.25) is 9.30 Å². The van der Waals surface area contributed by atoms with Crippen molar-refractivity contribution in [3.05, 3.63) is 206 Å². The van der Waals surface area contributed by atoms with Gasteiger partial charge in [0.2, 0.25) is 0 Å². The van der Waals surface area contributed by atoms with Crippen LogP contribution >= 0.6 is 0 Å². The first-order valence-corrected chi connectivity index (χ1v) is 22.6. The molecule has 1 aliphatic heterocycles. The maximum Gasteiger partial charge on any atom is 0.186 e. The van der Waals surface area contributed by atoms with Crippen molar-refractivity contribution in [1.82, 2.24) is 14.4 Å². The summed E-state index contributed by atoms with van der Waals surface area (Å²) in [5, 5.41) is 10.5. The molecule has 7 heteroatoms. The highest BCUT2D eigenvalue weighted by atomic mass is 28.3. The standard InChI is InChI=1S/C54H34N4O2Si/c1-3-17-38(18-4-1)61(39-19-5-2-6-20-39)49-31-30-48-51(42-22-8-12-26-47(42)60-48)52(49)57(54-50(61)27-14-32-55-54)35-15-13-16-36(33-35)59-37-28-29-40-41-21-7-10-24-45(41)58-46-25-11-9-23-44(46)56-53(58)43(40)34-37/h1-34H. The van der Waals surface area contributed by atoms with E-state index in [1.807, 2.05) is 24.4 Å². The van der Waals surface area contributed by atoms with Crippen molar-refractivity contribution in [2.45, 2.75) is 0 Å². The minimum Gasteiger partial charge on any atom is -0.457 e. The number of anilines is 3. The van der Waals surface area contributed by atoms with E-state index in [0.29, 0.717) is 5.75 Å². The molecule has 0 atom stereocenters. The van der Waals surface area contributed by atoms with Crippen LogP contribution in [0.25, 0.3) is 60.3 Å². The number of pyridine rings is 2. The fraction of sp³-hybridized carbons (Fsp3) is 0. The zero-order valence-electron chi connectivity index (χ0n) is 32.7. The van der Waals surface area contributed by atoms with E-state index in [4.69, 9.17) is 19.1 Å². The van der Waals surface area contributed by atoms with Crippen molar-refractivity contribution in [3.8, 4) is 11.5 Å². The van der Waals surface area contributed by atoms with Crippen LogP contribution in [0.5, 0.6) is 11.5 Å². The van der Waals surface area contributed by atoms with Crippen molar-refractivity contribution in [2.75, 3.05) is 4.90 Å².